The van der Waals surface area contributed by atoms with Crippen molar-refractivity contribution in [3.63, 3.8) is 0 Å². The molecule has 0 saturated carbocycles. The number of amides is 2. The Labute approximate surface area is 200 Å². The number of hydrogen-bond acceptors (Lipinski definition) is 5. The second kappa shape index (κ2) is 7.51. The lowest BCUT2D eigenvalue weighted by Crippen LogP contribution is -2.26. The molecular formula is C26H18N4O4S. The van der Waals surface area contributed by atoms with E-state index in [1.807, 2.05) is 24.3 Å². The summed E-state index contributed by atoms with van der Waals surface area (Å²) in [5, 5.41) is 1.24. The zero-order valence-corrected chi connectivity index (χ0v) is 19.3. The Morgan fingerprint density at radius 2 is 1.46 bits per heavy atom. The second-order valence-corrected chi connectivity index (χ2v) is 10.0. The third kappa shape index (κ3) is 2.98. The van der Waals surface area contributed by atoms with E-state index in [2.05, 4.69) is 9.97 Å². The van der Waals surface area contributed by atoms with Crippen LogP contribution in [0, 0.1) is 0 Å². The third-order valence-electron chi connectivity index (χ3n) is 6.25. The number of nitrogens with one attached hydrogen (secondary N) is 1. The second-order valence-electron chi connectivity index (χ2n) is 8.20. The van der Waals surface area contributed by atoms with Gasteiger partial charge in [-0.15, -0.1) is 0 Å². The van der Waals surface area contributed by atoms with E-state index in [4.69, 9.17) is 0 Å². The maximum atomic E-state index is 13.5. The summed E-state index contributed by atoms with van der Waals surface area (Å²) in [4.78, 5) is 35.3. The van der Waals surface area contributed by atoms with Crippen molar-refractivity contribution in [3.05, 3.63) is 96.4 Å². The molecule has 0 bridgehead atoms. The molecule has 35 heavy (non-hydrogen) atoms. The minimum atomic E-state index is -4.01. The summed E-state index contributed by atoms with van der Waals surface area (Å²) in [5.74, 6) is -0.958. The molecule has 2 aromatic carbocycles. The summed E-state index contributed by atoms with van der Waals surface area (Å²) < 4.78 is 28.1. The van der Waals surface area contributed by atoms with Gasteiger partial charge in [0.05, 0.1) is 16.0 Å². The average Bonchev–Trinajstić information content (AvgIpc) is 3.54. The van der Waals surface area contributed by atoms with E-state index >= 15 is 0 Å². The van der Waals surface area contributed by atoms with Gasteiger partial charge < -0.3 is 4.98 Å². The van der Waals surface area contributed by atoms with Gasteiger partial charge >= 0.3 is 0 Å². The highest BCUT2D eigenvalue weighted by Gasteiger charge is 2.40. The predicted octanol–water partition coefficient (Wildman–Crippen LogP) is 3.66. The maximum Gasteiger partial charge on any atom is 0.269 e. The van der Waals surface area contributed by atoms with Crippen molar-refractivity contribution in [2.45, 2.75) is 4.90 Å². The number of H-pyrrole nitrogens is 1. The summed E-state index contributed by atoms with van der Waals surface area (Å²) in [6.45, 7) is 0. The number of imide groups is 1. The van der Waals surface area contributed by atoms with Crippen LogP contribution in [0.2, 0.25) is 0 Å². The van der Waals surface area contributed by atoms with Crippen LogP contribution in [0.1, 0.15) is 11.1 Å². The minimum absolute atomic E-state index is 0.0888. The van der Waals surface area contributed by atoms with Crippen LogP contribution in [0.5, 0.6) is 0 Å². The number of likely N-dealkylation sites (N-methyl/N-ethyl adjacent to an activating group) is 1. The lowest BCUT2D eigenvalue weighted by atomic mass is 9.96. The average molecular weight is 483 g/mol. The molecule has 2 amide bonds. The minimum Gasteiger partial charge on any atom is -0.361 e. The lowest BCUT2D eigenvalue weighted by Gasteiger charge is -2.06. The first-order chi connectivity index (χ1) is 16.9. The molecule has 1 aliphatic heterocycles. The fourth-order valence-electron chi connectivity index (χ4n) is 4.54. The number of benzene rings is 2. The van der Waals surface area contributed by atoms with Crippen molar-refractivity contribution in [3.8, 4) is 0 Å². The van der Waals surface area contributed by atoms with Crippen molar-refractivity contribution in [2.75, 3.05) is 7.05 Å². The molecule has 0 aliphatic carbocycles. The van der Waals surface area contributed by atoms with Crippen molar-refractivity contribution in [2.24, 2.45) is 0 Å². The molecular weight excluding hydrogens is 464 g/mol. The largest absolute Gasteiger partial charge is 0.361 e. The van der Waals surface area contributed by atoms with Gasteiger partial charge in [0.25, 0.3) is 21.8 Å². The molecule has 1 aliphatic rings. The molecule has 0 atom stereocenters. The molecule has 8 nitrogen and oxygen atoms in total. The van der Waals surface area contributed by atoms with Gasteiger partial charge in [-0.1, -0.05) is 36.4 Å². The van der Waals surface area contributed by atoms with Crippen LogP contribution in [0.15, 0.2) is 90.2 Å². The van der Waals surface area contributed by atoms with E-state index in [0.29, 0.717) is 16.5 Å². The van der Waals surface area contributed by atoms with Crippen molar-refractivity contribution in [1.29, 1.82) is 0 Å². The molecule has 0 saturated heterocycles. The topological polar surface area (TPSA) is 105 Å². The number of hydrogen-bond donors (Lipinski definition) is 1. The van der Waals surface area contributed by atoms with Crippen LogP contribution in [-0.4, -0.2) is 46.1 Å². The predicted molar refractivity (Wildman–Crippen MR) is 132 cm³/mol. The lowest BCUT2D eigenvalue weighted by molar-refractivity contribution is -0.134. The first-order valence-corrected chi connectivity index (χ1v) is 12.2. The molecule has 4 heterocycles. The Balaban J connectivity index is 1.68. The summed E-state index contributed by atoms with van der Waals surface area (Å²) in [7, 11) is -2.59. The number of aromatic nitrogens is 3. The van der Waals surface area contributed by atoms with Crippen LogP contribution in [0.3, 0.4) is 0 Å². The number of aromatic amines is 1. The highest BCUT2D eigenvalue weighted by Crippen LogP contribution is 2.41. The first kappa shape index (κ1) is 21.1. The fourth-order valence-corrected chi connectivity index (χ4v) is 5.88. The van der Waals surface area contributed by atoms with Gasteiger partial charge in [-0.25, -0.2) is 17.4 Å². The number of rotatable bonds is 4. The molecule has 172 valence electrons. The first-order valence-electron chi connectivity index (χ1n) is 10.8. The number of pyridine rings is 1. The van der Waals surface area contributed by atoms with Gasteiger partial charge in [0.15, 0.2) is 5.65 Å². The highest BCUT2D eigenvalue weighted by atomic mass is 32.2. The SMILES string of the molecule is CN1C(=O)C(c2c[nH]c3ccccc23)=C(c2cn(S(=O)(=O)c3ccccc3)c3ncccc23)C1=O. The van der Waals surface area contributed by atoms with E-state index in [1.54, 1.807) is 36.5 Å². The molecule has 9 heteroatoms. The normalized spacial score (nSPS) is 14.6. The molecule has 0 fully saturated rings. The van der Waals surface area contributed by atoms with Gasteiger partial charge in [0.1, 0.15) is 0 Å². The smallest absolute Gasteiger partial charge is 0.269 e. The summed E-state index contributed by atoms with van der Waals surface area (Å²) in [6, 6.07) is 18.8. The Morgan fingerprint density at radius 3 is 2.23 bits per heavy atom. The van der Waals surface area contributed by atoms with E-state index in [1.165, 1.54) is 31.6 Å². The summed E-state index contributed by atoms with van der Waals surface area (Å²) in [5.41, 5.74) is 2.26. The molecule has 5 aromatic rings. The van der Waals surface area contributed by atoms with Gasteiger partial charge in [0, 0.05) is 53.1 Å². The number of nitrogens with zero attached hydrogens (tertiary/aromatic N) is 3. The van der Waals surface area contributed by atoms with E-state index in [9.17, 15) is 18.0 Å². The standard InChI is InChI=1S/C26H18N4O4S/c1-29-25(31)22(19-14-28-21-12-6-5-10-17(19)21)23(26(29)32)20-15-30(24-18(20)11-7-13-27-24)35(33,34)16-8-3-2-4-9-16/h2-15,28H,1H3. The fraction of sp³-hybridized carbons (Fsp3) is 0.0385. The molecule has 0 unspecified atom stereocenters. The van der Waals surface area contributed by atoms with Gasteiger partial charge in [0.2, 0.25) is 0 Å². The highest BCUT2D eigenvalue weighted by molar-refractivity contribution is 7.90. The Bertz CT molecular complexity index is 1810. The molecule has 6 rings (SSSR count). The number of fused-ring (bicyclic) bond motifs is 2. The Kier molecular flexibility index (Phi) is 4.52. The van der Waals surface area contributed by atoms with Crippen LogP contribution in [0.25, 0.3) is 33.1 Å². The van der Waals surface area contributed by atoms with Crippen LogP contribution in [0.4, 0.5) is 0 Å². The van der Waals surface area contributed by atoms with Crippen LogP contribution < -0.4 is 0 Å². The van der Waals surface area contributed by atoms with Crippen LogP contribution >= 0.6 is 0 Å². The molecule has 3 aromatic heterocycles. The number of para-hydroxylation sites is 1. The monoisotopic (exact) mass is 482 g/mol. The van der Waals surface area contributed by atoms with Gasteiger partial charge in [-0.3, -0.25) is 14.5 Å². The zero-order valence-electron chi connectivity index (χ0n) is 18.5. The number of carbonyl (C=O) groups excluding carboxylic acids is 2. The van der Waals surface area contributed by atoms with Crippen molar-refractivity contribution >= 4 is 54.9 Å². The van der Waals surface area contributed by atoms with Crippen LogP contribution in [-0.2, 0) is 19.6 Å². The van der Waals surface area contributed by atoms with E-state index in [0.717, 1.165) is 19.8 Å². The number of carbonyl (C=O) groups is 2. The van der Waals surface area contributed by atoms with E-state index in [-0.39, 0.29) is 21.7 Å². The maximum absolute atomic E-state index is 13.5. The zero-order chi connectivity index (χ0) is 24.3. The van der Waals surface area contributed by atoms with Gasteiger partial charge in [-0.2, -0.15) is 0 Å². The molecule has 0 spiro atoms. The summed E-state index contributed by atoms with van der Waals surface area (Å²) in [6.07, 6.45) is 4.57. The third-order valence-corrected chi connectivity index (χ3v) is 7.91. The molecule has 0 radical (unpaired) electrons. The summed E-state index contributed by atoms with van der Waals surface area (Å²) >= 11 is 0. The Morgan fingerprint density at radius 1 is 0.800 bits per heavy atom. The van der Waals surface area contributed by atoms with E-state index < -0.39 is 21.8 Å². The van der Waals surface area contributed by atoms with Gasteiger partial charge in [-0.05, 0) is 30.3 Å². The van der Waals surface area contributed by atoms with Crippen molar-refractivity contribution in [1.82, 2.24) is 18.8 Å². The quantitative estimate of drug-likeness (QED) is 0.394. The molecule has 1 N–H and O–H groups in total. The van der Waals surface area contributed by atoms with Crippen molar-refractivity contribution < 1.29 is 18.0 Å². The Hall–Kier alpha value is -4.50.